The summed E-state index contributed by atoms with van der Waals surface area (Å²) >= 11 is 0. The minimum absolute atomic E-state index is 0. The SMILES string of the molecule is O.[Cr+5].[Cr+5].[NH2-].[NH2-].[NH2-].[NH2-].[NH2-].[NH2-].[NH2-].[NH2-].[NH2-].[NH2-]. The zero-order valence-corrected chi connectivity index (χ0v) is 9.64. The minimum atomic E-state index is 0. The quantitative estimate of drug-likeness (QED) is 0.468. The molecule has 0 aliphatic rings. The summed E-state index contributed by atoms with van der Waals surface area (Å²) in [7, 11) is 0. The average molecular weight is 282 g/mol. The first-order chi connectivity index (χ1) is 0. The summed E-state index contributed by atoms with van der Waals surface area (Å²) in [4.78, 5) is 0. The standard InChI is InChI=1S/2Cr.10H2N.H2O/h;;11*1H2/q2*+5;10*-1;. The van der Waals surface area contributed by atoms with Gasteiger partial charge >= 0.3 is 34.7 Å². The molecule has 90 valence electrons. The maximum atomic E-state index is 0. The molecule has 0 aliphatic heterocycles. The van der Waals surface area contributed by atoms with Crippen molar-refractivity contribution >= 4 is 0 Å². The number of hydrogen-bond acceptors (Lipinski definition) is 0. The molecule has 0 fully saturated rings. The molecule has 0 heterocycles. The molecule has 0 saturated heterocycles. The fourth-order valence-electron chi connectivity index (χ4n) is 0. The monoisotopic (exact) mass is 282 g/mol. The van der Waals surface area contributed by atoms with Crippen molar-refractivity contribution in [3.8, 4) is 0 Å². The fraction of sp³-hybridized carbons (Fsp3) is 0. The Morgan fingerprint density at radius 1 is 0.231 bits per heavy atom. The molecule has 0 spiro atoms. The van der Waals surface area contributed by atoms with Crippen LogP contribution in [0.2, 0.25) is 0 Å². The van der Waals surface area contributed by atoms with Crippen molar-refractivity contribution < 1.29 is 40.2 Å². The van der Waals surface area contributed by atoms with Gasteiger partial charge in [0.2, 0.25) is 0 Å². The van der Waals surface area contributed by atoms with Crippen molar-refractivity contribution in [1.29, 1.82) is 0 Å². The topological polar surface area (TPSA) is 366 Å². The van der Waals surface area contributed by atoms with Crippen LogP contribution in [0.3, 0.4) is 0 Å². The Bertz CT molecular complexity index is 12.9. The van der Waals surface area contributed by atoms with Crippen LogP contribution >= 0.6 is 0 Å². The molecule has 0 aromatic rings. The van der Waals surface area contributed by atoms with Gasteiger partial charge in [-0.2, -0.15) is 0 Å². The maximum absolute atomic E-state index is 0. The van der Waals surface area contributed by atoms with Gasteiger partial charge in [0.25, 0.3) is 0 Å². The van der Waals surface area contributed by atoms with E-state index in [2.05, 4.69) is 0 Å². The van der Waals surface area contributed by atoms with Gasteiger partial charge in [-0.15, -0.1) is 0 Å². The van der Waals surface area contributed by atoms with Crippen LogP contribution in [-0.4, -0.2) is 5.48 Å². The van der Waals surface area contributed by atoms with E-state index in [1.165, 1.54) is 0 Å². The Morgan fingerprint density at radius 2 is 0.231 bits per heavy atom. The second-order valence-corrected chi connectivity index (χ2v) is 0. The van der Waals surface area contributed by atoms with Crippen molar-refractivity contribution in [2.24, 2.45) is 0 Å². The van der Waals surface area contributed by atoms with Crippen LogP contribution in [0, 0.1) is 0 Å². The predicted octanol–water partition coefficient (Wildman–Crippen LogP) is 6.34. The van der Waals surface area contributed by atoms with Crippen LogP contribution in [0.25, 0.3) is 61.5 Å². The summed E-state index contributed by atoms with van der Waals surface area (Å²) < 4.78 is 0. The van der Waals surface area contributed by atoms with E-state index >= 15 is 0 Å². The second kappa shape index (κ2) is 4370. The summed E-state index contributed by atoms with van der Waals surface area (Å²) in [6, 6.07) is 0. The third-order valence-corrected chi connectivity index (χ3v) is 0. The van der Waals surface area contributed by atoms with Crippen molar-refractivity contribution in [2.75, 3.05) is 0 Å². The van der Waals surface area contributed by atoms with Gasteiger partial charge in [-0.05, 0) is 0 Å². The van der Waals surface area contributed by atoms with Crippen LogP contribution in [-0.2, 0) is 34.7 Å². The van der Waals surface area contributed by atoms with Gasteiger partial charge in [0.05, 0.1) is 0 Å². The molecule has 0 saturated carbocycles. The molecule has 2 radical (unpaired) electrons. The number of nitrogens with two attached hydrogens (primary N) is 10. The van der Waals surface area contributed by atoms with Crippen molar-refractivity contribution in [1.82, 2.24) is 0 Å². The molecule has 0 bridgehead atoms. The Morgan fingerprint density at radius 3 is 0.231 bits per heavy atom. The molecule has 0 amide bonds. The summed E-state index contributed by atoms with van der Waals surface area (Å²) in [6.07, 6.45) is 0. The third kappa shape index (κ3) is 3650. The molecule has 0 aromatic heterocycles. The maximum Gasteiger partial charge on any atom is 5.00 e. The Labute approximate surface area is 102 Å². The molecule has 0 rings (SSSR count). The summed E-state index contributed by atoms with van der Waals surface area (Å²) in [5.74, 6) is 0. The Balaban J connectivity index is 0. The Hall–Kier alpha value is 0.625. The van der Waals surface area contributed by atoms with Gasteiger partial charge in [-0.1, -0.05) is 0 Å². The normalized spacial score (nSPS) is 0. The van der Waals surface area contributed by atoms with E-state index in [0.717, 1.165) is 0 Å². The molecular formula is H22Cr2N10O. The smallest absolute Gasteiger partial charge is 0.693 e. The van der Waals surface area contributed by atoms with E-state index in [4.69, 9.17) is 0 Å². The van der Waals surface area contributed by atoms with Crippen LogP contribution in [0.4, 0.5) is 0 Å². The Kier molecular flexibility index (Phi) is 1870000. The minimum Gasteiger partial charge on any atom is -0.693 e. The predicted molar refractivity (Wildman–Crippen MR) is 56.5 cm³/mol. The van der Waals surface area contributed by atoms with E-state index < -0.39 is 0 Å². The molecular weight excluding hydrogens is 260 g/mol. The first-order valence-corrected chi connectivity index (χ1v) is 0. The van der Waals surface area contributed by atoms with E-state index in [1.54, 1.807) is 0 Å². The summed E-state index contributed by atoms with van der Waals surface area (Å²) in [5.41, 5.74) is 0. The van der Waals surface area contributed by atoms with Crippen molar-refractivity contribution in [3.05, 3.63) is 61.5 Å². The van der Waals surface area contributed by atoms with Crippen molar-refractivity contribution in [3.63, 3.8) is 0 Å². The number of rotatable bonds is 0. The van der Waals surface area contributed by atoms with Gasteiger partial charge in [-0.25, -0.2) is 0 Å². The molecule has 0 unspecified atom stereocenters. The van der Waals surface area contributed by atoms with Gasteiger partial charge < -0.3 is 67.0 Å². The molecule has 22 N–H and O–H groups in total. The molecule has 0 atom stereocenters. The van der Waals surface area contributed by atoms with Crippen molar-refractivity contribution in [2.45, 2.75) is 0 Å². The van der Waals surface area contributed by atoms with Crippen LogP contribution in [0.5, 0.6) is 0 Å². The van der Waals surface area contributed by atoms with E-state index in [9.17, 15) is 0 Å². The zero-order valence-electron chi connectivity index (χ0n) is 7.09. The first-order valence-electron chi connectivity index (χ1n) is 0. The zero-order chi connectivity index (χ0) is 0. The molecule has 13 heteroatoms. The van der Waals surface area contributed by atoms with Gasteiger partial charge in [0, 0.05) is 0 Å². The fourth-order valence-corrected chi connectivity index (χ4v) is 0. The third-order valence-electron chi connectivity index (χ3n) is 0. The van der Waals surface area contributed by atoms with Crippen LogP contribution in [0.15, 0.2) is 0 Å². The second-order valence-electron chi connectivity index (χ2n) is 0. The van der Waals surface area contributed by atoms with E-state index in [-0.39, 0.29) is 102 Å². The van der Waals surface area contributed by atoms with Gasteiger partial charge in [0.1, 0.15) is 0 Å². The molecule has 0 aliphatic carbocycles. The molecule has 11 nitrogen and oxygen atoms in total. The molecule has 13 heavy (non-hydrogen) atoms. The van der Waals surface area contributed by atoms with Crippen LogP contribution < -0.4 is 0 Å². The van der Waals surface area contributed by atoms with Crippen LogP contribution in [0.1, 0.15) is 0 Å². The first kappa shape index (κ1) is 5560. The largest absolute Gasteiger partial charge is 5.00 e. The van der Waals surface area contributed by atoms with Gasteiger partial charge in [-0.3, -0.25) is 0 Å². The summed E-state index contributed by atoms with van der Waals surface area (Å²) in [5, 5.41) is 0. The van der Waals surface area contributed by atoms with Gasteiger partial charge in [0.15, 0.2) is 0 Å². The number of hydrogen-bond donors (Lipinski definition) is 0. The summed E-state index contributed by atoms with van der Waals surface area (Å²) in [6.45, 7) is 0. The molecule has 0 aromatic carbocycles. The average Bonchev–Trinajstić information content (AvgIpc) is 0. The van der Waals surface area contributed by atoms with E-state index in [1.807, 2.05) is 0 Å². The van der Waals surface area contributed by atoms with E-state index in [0.29, 0.717) is 0 Å².